The van der Waals surface area contributed by atoms with Crippen LogP contribution < -0.4 is 0 Å². The highest BCUT2D eigenvalue weighted by molar-refractivity contribution is 5.91. The molecule has 0 amide bonds. The largest absolute Gasteiger partial charge is 0.452 e. The van der Waals surface area contributed by atoms with E-state index >= 15 is 0 Å². The quantitative estimate of drug-likeness (QED) is 0.0178. The fourth-order valence-electron chi connectivity index (χ4n) is 7.08. The van der Waals surface area contributed by atoms with Gasteiger partial charge >= 0.3 is 17.9 Å². The molecule has 0 aromatic heterocycles. The maximum atomic E-state index is 14.1. The van der Waals surface area contributed by atoms with Gasteiger partial charge in [-0.3, -0.25) is 0 Å². The molecule has 5 atom stereocenters. The maximum absolute atomic E-state index is 14.1. The SMILES string of the molecule is [N-]=[N+]=NCCO[C@H]1O[C@H](COC(c2ccccc2)(c2ccccc2)c2ccccc2)[C@@H](OC(=O)c2ccccc2)[C@H](OC(=O)c2ccccc2)[C@@H]1OC(=O)c1ccccc1. The highest BCUT2D eigenvalue weighted by Gasteiger charge is 2.54. The fraction of sp³-hybridized carbons (Fsp3) is 0.188. The minimum absolute atomic E-state index is 0.100. The molecule has 1 heterocycles. The summed E-state index contributed by atoms with van der Waals surface area (Å²) in [6.45, 7) is -0.547. The standard InChI is InChI=1S/C48H41N3O9/c49-51-50-31-32-55-47-43(60-46(54)36-23-11-3-12-24-36)42(59-45(53)35-21-9-2-10-22-35)41(58-44(52)34-19-7-1-8-20-34)40(57-47)33-56-48(37-25-13-4-14-26-37,38-27-15-5-16-28-38)39-29-17-6-18-30-39/h1-30,40-43,47H,31-33H2/t40-,41-,42+,43+,47+/m1/s1. The van der Waals surface area contributed by atoms with Crippen LogP contribution in [0.2, 0.25) is 0 Å². The van der Waals surface area contributed by atoms with Crippen molar-refractivity contribution in [3.63, 3.8) is 0 Å². The smallest absolute Gasteiger partial charge is 0.338 e. The van der Waals surface area contributed by atoms with E-state index in [2.05, 4.69) is 10.0 Å². The second kappa shape index (κ2) is 20.1. The van der Waals surface area contributed by atoms with Crippen LogP contribution in [-0.4, -0.2) is 68.4 Å². The van der Waals surface area contributed by atoms with Crippen LogP contribution in [0.15, 0.2) is 187 Å². The van der Waals surface area contributed by atoms with Crippen LogP contribution in [0.4, 0.5) is 0 Å². The Morgan fingerprint density at radius 2 is 0.900 bits per heavy atom. The first-order valence-electron chi connectivity index (χ1n) is 19.3. The summed E-state index contributed by atoms with van der Waals surface area (Å²) in [5.41, 5.74) is 10.7. The van der Waals surface area contributed by atoms with Gasteiger partial charge in [-0.05, 0) is 58.6 Å². The molecule has 1 aliphatic rings. The van der Waals surface area contributed by atoms with E-state index in [1.54, 1.807) is 91.0 Å². The van der Waals surface area contributed by atoms with Crippen LogP contribution in [0.3, 0.4) is 0 Å². The van der Waals surface area contributed by atoms with Crippen LogP contribution in [0.5, 0.6) is 0 Å². The number of hydrogen-bond acceptors (Lipinski definition) is 10. The second-order valence-electron chi connectivity index (χ2n) is 13.7. The van der Waals surface area contributed by atoms with E-state index in [0.717, 1.165) is 16.7 Å². The molecule has 7 rings (SSSR count). The number of benzene rings is 6. The van der Waals surface area contributed by atoms with Gasteiger partial charge in [0.05, 0.1) is 29.9 Å². The van der Waals surface area contributed by atoms with E-state index in [4.69, 9.17) is 34.0 Å². The Kier molecular flexibility index (Phi) is 13.7. The summed E-state index contributed by atoms with van der Waals surface area (Å²) >= 11 is 0. The summed E-state index contributed by atoms with van der Waals surface area (Å²) < 4.78 is 38.7. The first-order valence-corrected chi connectivity index (χ1v) is 19.3. The average molecular weight is 804 g/mol. The van der Waals surface area contributed by atoms with Gasteiger partial charge in [-0.25, -0.2) is 14.4 Å². The van der Waals surface area contributed by atoms with Crippen molar-refractivity contribution in [1.82, 2.24) is 0 Å². The molecule has 302 valence electrons. The molecule has 0 saturated carbocycles. The van der Waals surface area contributed by atoms with Crippen LogP contribution in [-0.2, 0) is 34.0 Å². The van der Waals surface area contributed by atoms with Crippen molar-refractivity contribution in [1.29, 1.82) is 0 Å². The number of esters is 3. The summed E-state index contributed by atoms with van der Waals surface area (Å²) in [5.74, 6) is -2.33. The van der Waals surface area contributed by atoms with Crippen molar-refractivity contribution in [2.45, 2.75) is 36.3 Å². The van der Waals surface area contributed by atoms with Crippen molar-refractivity contribution in [2.75, 3.05) is 19.8 Å². The molecule has 6 aromatic rings. The number of azide groups is 1. The van der Waals surface area contributed by atoms with Crippen LogP contribution in [0.25, 0.3) is 10.4 Å². The summed E-state index contributed by atoms with van der Waals surface area (Å²) in [6.07, 6.45) is -7.15. The molecule has 0 radical (unpaired) electrons. The lowest BCUT2D eigenvalue weighted by Crippen LogP contribution is -2.63. The zero-order valence-electron chi connectivity index (χ0n) is 32.3. The predicted molar refractivity (Wildman–Crippen MR) is 221 cm³/mol. The molecule has 0 aliphatic carbocycles. The van der Waals surface area contributed by atoms with E-state index in [9.17, 15) is 14.4 Å². The topological polar surface area (TPSA) is 155 Å². The van der Waals surface area contributed by atoms with E-state index in [0.29, 0.717) is 0 Å². The van der Waals surface area contributed by atoms with Crippen molar-refractivity contribution in [3.8, 4) is 0 Å². The van der Waals surface area contributed by atoms with E-state index < -0.39 is 54.2 Å². The zero-order valence-corrected chi connectivity index (χ0v) is 32.3. The van der Waals surface area contributed by atoms with Crippen molar-refractivity contribution >= 4 is 17.9 Å². The Bertz CT molecular complexity index is 2250. The lowest BCUT2D eigenvalue weighted by Gasteiger charge is -2.45. The Hall–Kier alpha value is -7.08. The highest BCUT2D eigenvalue weighted by atomic mass is 16.7. The summed E-state index contributed by atoms with van der Waals surface area (Å²) in [4.78, 5) is 44.7. The number of carbonyl (C=O) groups excluding carboxylic acids is 3. The molecule has 0 unspecified atom stereocenters. The normalized spacial score (nSPS) is 18.6. The van der Waals surface area contributed by atoms with E-state index in [-0.39, 0.29) is 36.4 Å². The van der Waals surface area contributed by atoms with Gasteiger partial charge in [-0.1, -0.05) is 151 Å². The first kappa shape index (κ1) is 41.1. The summed E-state index contributed by atoms with van der Waals surface area (Å²) in [7, 11) is 0. The van der Waals surface area contributed by atoms with Crippen molar-refractivity contribution < 1.29 is 42.8 Å². The minimum Gasteiger partial charge on any atom is -0.452 e. The molecule has 0 bridgehead atoms. The van der Waals surface area contributed by atoms with Gasteiger partial charge in [0.15, 0.2) is 24.6 Å². The van der Waals surface area contributed by atoms with Crippen LogP contribution in [0, 0.1) is 0 Å². The monoisotopic (exact) mass is 803 g/mol. The average Bonchev–Trinajstić information content (AvgIpc) is 3.31. The van der Waals surface area contributed by atoms with Crippen molar-refractivity contribution in [2.24, 2.45) is 5.11 Å². The van der Waals surface area contributed by atoms with E-state index in [1.807, 2.05) is 91.0 Å². The van der Waals surface area contributed by atoms with Gasteiger partial charge in [0.1, 0.15) is 11.7 Å². The Morgan fingerprint density at radius 3 is 1.30 bits per heavy atom. The van der Waals surface area contributed by atoms with Gasteiger partial charge < -0.3 is 28.4 Å². The Labute approximate surface area is 346 Å². The number of carbonyl (C=O) groups is 3. The first-order chi connectivity index (χ1) is 29.5. The second-order valence-corrected chi connectivity index (χ2v) is 13.7. The highest BCUT2D eigenvalue weighted by Crippen LogP contribution is 2.42. The molecular formula is C48H41N3O9. The summed E-state index contributed by atoms with van der Waals surface area (Å²) in [5, 5.41) is 3.59. The molecule has 1 aliphatic heterocycles. The number of hydrogen-bond donors (Lipinski definition) is 0. The molecule has 0 spiro atoms. The lowest BCUT2D eigenvalue weighted by atomic mass is 9.80. The molecule has 1 fully saturated rings. The van der Waals surface area contributed by atoms with Crippen molar-refractivity contribution in [3.05, 3.63) is 226 Å². The number of nitrogens with zero attached hydrogens (tertiary/aromatic N) is 3. The third-order valence-electron chi connectivity index (χ3n) is 9.89. The Morgan fingerprint density at radius 1 is 0.533 bits per heavy atom. The predicted octanol–water partition coefficient (Wildman–Crippen LogP) is 8.72. The fourth-order valence-corrected chi connectivity index (χ4v) is 7.08. The van der Waals surface area contributed by atoms with Gasteiger partial charge in [-0.2, -0.15) is 0 Å². The third kappa shape index (κ3) is 9.61. The minimum atomic E-state index is -1.52. The molecule has 1 saturated heterocycles. The summed E-state index contributed by atoms with van der Waals surface area (Å²) in [6, 6.07) is 53.7. The lowest BCUT2D eigenvalue weighted by molar-refractivity contribution is -0.302. The van der Waals surface area contributed by atoms with Gasteiger partial charge in [0.25, 0.3) is 0 Å². The number of ether oxygens (including phenoxy) is 6. The molecular weight excluding hydrogens is 763 g/mol. The molecule has 12 nitrogen and oxygen atoms in total. The molecule has 60 heavy (non-hydrogen) atoms. The van der Waals surface area contributed by atoms with Gasteiger partial charge in [0.2, 0.25) is 0 Å². The third-order valence-corrected chi connectivity index (χ3v) is 9.89. The zero-order chi connectivity index (χ0) is 41.6. The Balaban J connectivity index is 1.36. The van der Waals surface area contributed by atoms with E-state index in [1.165, 1.54) is 0 Å². The molecule has 0 N–H and O–H groups in total. The number of rotatable bonds is 16. The maximum Gasteiger partial charge on any atom is 0.338 e. The van der Waals surface area contributed by atoms with Gasteiger partial charge in [0, 0.05) is 11.5 Å². The molecule has 12 heteroatoms. The van der Waals surface area contributed by atoms with Gasteiger partial charge in [-0.15, -0.1) is 0 Å². The van der Waals surface area contributed by atoms with Crippen LogP contribution >= 0.6 is 0 Å². The van der Waals surface area contributed by atoms with Crippen LogP contribution in [0.1, 0.15) is 47.8 Å². The molecule has 6 aromatic carbocycles.